The van der Waals surface area contributed by atoms with Gasteiger partial charge in [0.25, 0.3) is 10.0 Å². The minimum absolute atomic E-state index is 0.144. The van der Waals surface area contributed by atoms with Crippen LogP contribution in [0.25, 0.3) is 0 Å². The van der Waals surface area contributed by atoms with E-state index in [0.29, 0.717) is 0 Å². The van der Waals surface area contributed by atoms with Gasteiger partial charge in [0.05, 0.1) is 4.90 Å². The third-order valence-electron chi connectivity index (χ3n) is 2.71. The average molecular weight is 281 g/mol. The fourth-order valence-electron chi connectivity index (χ4n) is 1.61. The lowest BCUT2D eigenvalue weighted by molar-refractivity contribution is 0.423. The third kappa shape index (κ3) is 3.12. The summed E-state index contributed by atoms with van der Waals surface area (Å²) in [7, 11) is -3.68. The predicted molar refractivity (Wildman–Crippen MR) is 71.0 cm³/mol. The summed E-state index contributed by atoms with van der Waals surface area (Å²) in [6, 6.07) is 7.80. The van der Waals surface area contributed by atoms with Crippen molar-refractivity contribution >= 4 is 15.8 Å². The Kier molecular flexibility index (Phi) is 3.87. The molecule has 7 heteroatoms. The van der Waals surface area contributed by atoms with E-state index in [1.807, 2.05) is 13.0 Å². The lowest BCUT2D eigenvalue weighted by Crippen LogP contribution is -2.15. The van der Waals surface area contributed by atoms with E-state index in [-0.39, 0.29) is 16.8 Å². The minimum Gasteiger partial charge on any atom is -0.363 e. The lowest BCUT2D eigenvalue weighted by Gasteiger charge is -2.11. The van der Waals surface area contributed by atoms with Crippen molar-refractivity contribution < 1.29 is 12.9 Å². The Morgan fingerprint density at radius 1 is 1.42 bits per heavy atom. The lowest BCUT2D eigenvalue weighted by atomic mass is 10.1. The van der Waals surface area contributed by atoms with Crippen LogP contribution in [0.15, 0.2) is 46.0 Å². The summed E-state index contributed by atoms with van der Waals surface area (Å²) in [6.45, 7) is 1.94. The van der Waals surface area contributed by atoms with Crippen LogP contribution in [0.5, 0.6) is 0 Å². The van der Waals surface area contributed by atoms with Gasteiger partial charge in [-0.3, -0.25) is 4.72 Å². The van der Waals surface area contributed by atoms with E-state index >= 15 is 0 Å². The molecule has 0 aliphatic carbocycles. The zero-order chi connectivity index (χ0) is 13.9. The van der Waals surface area contributed by atoms with E-state index in [4.69, 9.17) is 5.73 Å². The highest BCUT2D eigenvalue weighted by molar-refractivity contribution is 7.92. The Labute approximate surface area is 111 Å². The Hall–Kier alpha value is -1.86. The minimum atomic E-state index is -3.68. The summed E-state index contributed by atoms with van der Waals surface area (Å²) in [5.41, 5.74) is 6.68. The predicted octanol–water partition coefficient (Wildman–Crippen LogP) is 1.89. The second-order valence-electron chi connectivity index (χ2n) is 4.08. The second-order valence-corrected chi connectivity index (χ2v) is 5.76. The third-order valence-corrected chi connectivity index (χ3v) is 4.07. The zero-order valence-corrected chi connectivity index (χ0v) is 11.2. The molecule has 1 aromatic heterocycles. The molecule has 6 nitrogen and oxygen atoms in total. The molecule has 1 heterocycles. The van der Waals surface area contributed by atoms with Gasteiger partial charge in [-0.15, -0.1) is 0 Å². The number of benzene rings is 1. The van der Waals surface area contributed by atoms with Gasteiger partial charge in [-0.25, -0.2) is 8.42 Å². The molecule has 0 radical (unpaired) electrons. The van der Waals surface area contributed by atoms with Gasteiger partial charge in [0.2, 0.25) is 0 Å². The Balaban J connectivity index is 2.30. The van der Waals surface area contributed by atoms with Gasteiger partial charge in [-0.1, -0.05) is 24.2 Å². The van der Waals surface area contributed by atoms with Gasteiger partial charge >= 0.3 is 0 Å². The highest BCUT2D eigenvalue weighted by Gasteiger charge is 2.16. The van der Waals surface area contributed by atoms with E-state index < -0.39 is 10.0 Å². The summed E-state index contributed by atoms with van der Waals surface area (Å²) in [6.07, 6.45) is 2.03. The number of nitrogens with zero attached hydrogens (tertiary/aromatic N) is 1. The van der Waals surface area contributed by atoms with Crippen molar-refractivity contribution in [2.24, 2.45) is 5.73 Å². The fourth-order valence-corrected chi connectivity index (χ4v) is 2.66. The molecule has 1 atom stereocenters. The van der Waals surface area contributed by atoms with Gasteiger partial charge < -0.3 is 10.3 Å². The van der Waals surface area contributed by atoms with Crippen LogP contribution in [0.3, 0.4) is 0 Å². The van der Waals surface area contributed by atoms with Crippen molar-refractivity contribution in [1.29, 1.82) is 0 Å². The normalized spacial score (nSPS) is 13.2. The molecule has 0 saturated carbocycles. The quantitative estimate of drug-likeness (QED) is 0.872. The molecule has 0 bridgehead atoms. The molecule has 19 heavy (non-hydrogen) atoms. The summed E-state index contributed by atoms with van der Waals surface area (Å²) in [5, 5.41) is 3.51. The first kappa shape index (κ1) is 13.6. The highest BCUT2D eigenvalue weighted by Crippen LogP contribution is 2.20. The fraction of sp³-hybridized carbons (Fsp3) is 0.250. The largest absolute Gasteiger partial charge is 0.363 e. The van der Waals surface area contributed by atoms with Crippen LogP contribution < -0.4 is 10.5 Å². The van der Waals surface area contributed by atoms with Crippen molar-refractivity contribution in [1.82, 2.24) is 5.16 Å². The van der Waals surface area contributed by atoms with Crippen LogP contribution in [0.4, 0.5) is 5.82 Å². The molecule has 2 rings (SSSR count). The molecule has 102 valence electrons. The molecular weight excluding hydrogens is 266 g/mol. The number of hydrogen-bond donors (Lipinski definition) is 2. The molecule has 1 aromatic carbocycles. The van der Waals surface area contributed by atoms with Crippen LogP contribution in [-0.4, -0.2) is 13.6 Å². The van der Waals surface area contributed by atoms with Gasteiger partial charge in [0.1, 0.15) is 6.26 Å². The average Bonchev–Trinajstić information content (AvgIpc) is 2.90. The zero-order valence-electron chi connectivity index (χ0n) is 10.4. The molecule has 3 N–H and O–H groups in total. The van der Waals surface area contributed by atoms with Gasteiger partial charge in [-0.2, -0.15) is 0 Å². The van der Waals surface area contributed by atoms with Crippen molar-refractivity contribution in [3.63, 3.8) is 0 Å². The van der Waals surface area contributed by atoms with Crippen LogP contribution >= 0.6 is 0 Å². The summed E-state index contributed by atoms with van der Waals surface area (Å²) < 4.78 is 31.2. The molecule has 0 spiro atoms. The number of nitrogens with two attached hydrogens (primary N) is 1. The number of anilines is 1. The Morgan fingerprint density at radius 2 is 2.21 bits per heavy atom. The maximum Gasteiger partial charge on any atom is 0.263 e. The monoisotopic (exact) mass is 281 g/mol. The molecule has 0 amide bonds. The van der Waals surface area contributed by atoms with E-state index in [9.17, 15) is 8.42 Å². The molecule has 1 unspecified atom stereocenters. The number of sulfonamides is 1. The number of hydrogen-bond acceptors (Lipinski definition) is 5. The first-order valence-electron chi connectivity index (χ1n) is 5.81. The summed E-state index contributed by atoms with van der Waals surface area (Å²) >= 11 is 0. The van der Waals surface area contributed by atoms with Crippen molar-refractivity contribution in [3.05, 3.63) is 42.2 Å². The maximum atomic E-state index is 12.1. The first-order valence-corrected chi connectivity index (χ1v) is 7.30. The smallest absolute Gasteiger partial charge is 0.263 e. The van der Waals surface area contributed by atoms with Crippen LogP contribution in [0.1, 0.15) is 24.9 Å². The topological polar surface area (TPSA) is 98.2 Å². The van der Waals surface area contributed by atoms with E-state index in [1.165, 1.54) is 18.4 Å². The molecular formula is C12H15N3O3S. The van der Waals surface area contributed by atoms with Crippen molar-refractivity contribution in [2.75, 3.05) is 4.72 Å². The van der Waals surface area contributed by atoms with Gasteiger partial charge in [0.15, 0.2) is 5.82 Å². The maximum absolute atomic E-state index is 12.1. The van der Waals surface area contributed by atoms with E-state index in [0.717, 1.165) is 12.0 Å². The molecule has 0 aliphatic rings. The van der Waals surface area contributed by atoms with Crippen LogP contribution in [-0.2, 0) is 10.0 Å². The molecule has 0 saturated heterocycles. The van der Waals surface area contributed by atoms with Crippen molar-refractivity contribution in [3.8, 4) is 0 Å². The van der Waals surface area contributed by atoms with Crippen LogP contribution in [0.2, 0.25) is 0 Å². The summed E-state index contributed by atoms with van der Waals surface area (Å²) in [5.74, 6) is 0.144. The van der Waals surface area contributed by atoms with Gasteiger partial charge in [0, 0.05) is 12.1 Å². The highest BCUT2D eigenvalue weighted by atomic mass is 32.2. The van der Waals surface area contributed by atoms with Crippen LogP contribution in [0, 0.1) is 0 Å². The first-order chi connectivity index (χ1) is 9.03. The van der Waals surface area contributed by atoms with Crippen molar-refractivity contribution in [2.45, 2.75) is 24.3 Å². The number of rotatable bonds is 5. The van der Waals surface area contributed by atoms with E-state index in [1.54, 1.807) is 12.1 Å². The number of aromatic nitrogens is 1. The molecule has 0 aliphatic heterocycles. The Bertz CT molecular complexity index is 638. The second kappa shape index (κ2) is 5.41. The Morgan fingerprint density at radius 3 is 2.84 bits per heavy atom. The van der Waals surface area contributed by atoms with Gasteiger partial charge in [-0.05, 0) is 24.1 Å². The SMILES string of the molecule is CCC(N)c1cccc(S(=O)(=O)Nc2ccon2)c1. The van der Waals surface area contributed by atoms with E-state index in [2.05, 4.69) is 14.4 Å². The number of nitrogens with one attached hydrogen (secondary N) is 1. The molecule has 0 fully saturated rings. The molecule has 2 aromatic rings. The standard InChI is InChI=1S/C12H15N3O3S/c1-2-11(13)9-4-3-5-10(8-9)19(16,17)15-12-6-7-18-14-12/h3-8,11H,2,13H2,1H3,(H,14,15). The summed E-state index contributed by atoms with van der Waals surface area (Å²) in [4.78, 5) is 0.150.